The molecule has 0 saturated carbocycles. The Morgan fingerprint density at radius 3 is 2.96 bits per heavy atom. The van der Waals surface area contributed by atoms with Crippen molar-refractivity contribution in [2.45, 2.75) is 39.8 Å². The molecule has 1 amide bonds. The van der Waals surface area contributed by atoms with Gasteiger partial charge >= 0.3 is 0 Å². The number of amides is 1. The first-order valence-corrected chi connectivity index (χ1v) is 8.37. The summed E-state index contributed by atoms with van der Waals surface area (Å²) in [5.74, 6) is 0.972. The van der Waals surface area contributed by atoms with Crippen molar-refractivity contribution >= 4 is 16.8 Å². The van der Waals surface area contributed by atoms with E-state index >= 15 is 0 Å². The van der Waals surface area contributed by atoms with Crippen molar-refractivity contribution < 1.29 is 4.79 Å². The molecule has 3 rings (SSSR count). The zero-order valence-electron chi connectivity index (χ0n) is 14.2. The van der Waals surface area contributed by atoms with Gasteiger partial charge in [-0.25, -0.2) is 0 Å². The third-order valence-electron chi connectivity index (χ3n) is 4.29. The third kappa shape index (κ3) is 3.48. The molecule has 2 aromatic heterocycles. The number of hydrogen-bond donors (Lipinski definition) is 1. The summed E-state index contributed by atoms with van der Waals surface area (Å²) in [6, 6.07) is 10.4. The minimum atomic E-state index is 0.0646. The quantitative estimate of drug-likeness (QED) is 0.725. The molecule has 0 aliphatic carbocycles. The lowest BCUT2D eigenvalue weighted by Crippen LogP contribution is -2.27. The lowest BCUT2D eigenvalue weighted by Gasteiger charge is -2.09. The fourth-order valence-electron chi connectivity index (χ4n) is 3.00. The van der Waals surface area contributed by atoms with Gasteiger partial charge in [0, 0.05) is 43.7 Å². The van der Waals surface area contributed by atoms with E-state index in [1.807, 2.05) is 16.7 Å². The highest BCUT2D eigenvalue weighted by molar-refractivity contribution is 5.81. The second-order valence-corrected chi connectivity index (χ2v) is 5.88. The summed E-state index contributed by atoms with van der Waals surface area (Å²) in [5.41, 5.74) is 2.36. The molecule has 6 heteroatoms. The predicted octanol–water partition coefficient (Wildman–Crippen LogP) is 2.31. The van der Waals surface area contributed by atoms with Crippen molar-refractivity contribution in [3.05, 3.63) is 48.2 Å². The summed E-state index contributed by atoms with van der Waals surface area (Å²) < 4.78 is 4.18. The zero-order valence-corrected chi connectivity index (χ0v) is 14.2. The number of rotatable bonds is 7. The first-order valence-electron chi connectivity index (χ1n) is 8.37. The fraction of sp³-hybridized carbons (Fsp3) is 0.389. The molecular formula is C18H23N5O. The first-order chi connectivity index (χ1) is 11.7. The number of nitrogens with zero attached hydrogens (tertiary/aromatic N) is 4. The fourth-order valence-corrected chi connectivity index (χ4v) is 3.00. The van der Waals surface area contributed by atoms with Crippen LogP contribution in [0.4, 0.5) is 0 Å². The Kier molecular flexibility index (Phi) is 4.93. The van der Waals surface area contributed by atoms with Crippen LogP contribution in [0.1, 0.15) is 24.9 Å². The maximum atomic E-state index is 12.1. The zero-order chi connectivity index (χ0) is 16.9. The van der Waals surface area contributed by atoms with Crippen LogP contribution < -0.4 is 5.32 Å². The number of hydrogen-bond acceptors (Lipinski definition) is 3. The van der Waals surface area contributed by atoms with Gasteiger partial charge in [-0.3, -0.25) is 4.79 Å². The van der Waals surface area contributed by atoms with Crippen LogP contribution in [0.25, 0.3) is 10.9 Å². The van der Waals surface area contributed by atoms with Crippen molar-refractivity contribution in [3.8, 4) is 0 Å². The summed E-state index contributed by atoms with van der Waals surface area (Å²) in [5, 5.41) is 12.2. The molecule has 0 spiro atoms. The number of para-hydroxylation sites is 1. The molecule has 0 radical (unpaired) electrons. The van der Waals surface area contributed by atoms with Crippen molar-refractivity contribution in [1.29, 1.82) is 0 Å². The van der Waals surface area contributed by atoms with Gasteiger partial charge in [-0.1, -0.05) is 18.2 Å². The summed E-state index contributed by atoms with van der Waals surface area (Å²) in [6.07, 6.45) is 2.89. The average Bonchev–Trinajstić information content (AvgIpc) is 3.16. The number of nitrogens with one attached hydrogen (secondary N) is 1. The third-order valence-corrected chi connectivity index (χ3v) is 4.29. The van der Waals surface area contributed by atoms with Crippen molar-refractivity contribution in [1.82, 2.24) is 24.6 Å². The number of fused-ring (bicyclic) bond motifs is 1. The number of carbonyl (C=O) groups is 1. The normalized spacial score (nSPS) is 11.1. The van der Waals surface area contributed by atoms with Gasteiger partial charge in [-0.15, -0.1) is 10.2 Å². The average molecular weight is 325 g/mol. The van der Waals surface area contributed by atoms with E-state index in [0.29, 0.717) is 25.9 Å². The van der Waals surface area contributed by atoms with Gasteiger partial charge in [-0.05, 0) is 31.4 Å². The van der Waals surface area contributed by atoms with Crippen molar-refractivity contribution in [3.63, 3.8) is 0 Å². The van der Waals surface area contributed by atoms with Crippen molar-refractivity contribution in [2.24, 2.45) is 0 Å². The standard InChI is InChI=1S/C18H23N5O/c1-3-22-13-20-21-17(22)8-10-19-18(24)9-11-23-14(2)12-15-6-4-5-7-16(15)23/h4-7,12-13H,3,8-11H2,1-2H3,(H,19,24). The molecule has 1 aromatic carbocycles. The van der Waals surface area contributed by atoms with Crippen LogP contribution in [-0.2, 0) is 24.3 Å². The SMILES string of the molecule is CCn1cnnc1CCNC(=O)CCn1c(C)cc2ccccc21. The molecule has 24 heavy (non-hydrogen) atoms. The maximum Gasteiger partial charge on any atom is 0.221 e. The molecule has 0 fully saturated rings. The van der Waals surface area contributed by atoms with Crippen LogP contribution >= 0.6 is 0 Å². The number of carbonyl (C=O) groups excluding carboxylic acids is 1. The van der Waals surface area contributed by atoms with E-state index in [2.05, 4.69) is 52.1 Å². The number of aryl methyl sites for hydroxylation is 3. The van der Waals surface area contributed by atoms with Gasteiger partial charge in [0.15, 0.2) is 0 Å². The Bertz CT molecular complexity index is 833. The Morgan fingerprint density at radius 2 is 2.12 bits per heavy atom. The summed E-state index contributed by atoms with van der Waals surface area (Å²) >= 11 is 0. The lowest BCUT2D eigenvalue weighted by molar-refractivity contribution is -0.121. The minimum absolute atomic E-state index is 0.0646. The van der Waals surface area contributed by atoms with Gasteiger partial charge in [0.25, 0.3) is 0 Å². The van der Waals surface area contributed by atoms with Gasteiger partial charge in [0.2, 0.25) is 5.91 Å². The monoisotopic (exact) mass is 325 g/mol. The van der Waals surface area contributed by atoms with Gasteiger partial charge in [0.1, 0.15) is 12.2 Å². The van der Waals surface area contributed by atoms with E-state index < -0.39 is 0 Å². The van der Waals surface area contributed by atoms with Crippen LogP contribution in [0.5, 0.6) is 0 Å². The van der Waals surface area contributed by atoms with Gasteiger partial charge in [0.05, 0.1) is 0 Å². The molecule has 0 aliphatic heterocycles. The molecule has 0 bridgehead atoms. The lowest BCUT2D eigenvalue weighted by atomic mass is 10.2. The van der Waals surface area contributed by atoms with E-state index in [0.717, 1.165) is 12.4 Å². The highest BCUT2D eigenvalue weighted by atomic mass is 16.1. The summed E-state index contributed by atoms with van der Waals surface area (Å²) in [4.78, 5) is 12.1. The van der Waals surface area contributed by atoms with Gasteiger partial charge in [-0.2, -0.15) is 0 Å². The van der Waals surface area contributed by atoms with E-state index in [9.17, 15) is 4.79 Å². The van der Waals surface area contributed by atoms with Crippen LogP contribution in [0, 0.1) is 6.92 Å². The Morgan fingerprint density at radius 1 is 1.29 bits per heavy atom. The molecule has 3 aromatic rings. The predicted molar refractivity (Wildman–Crippen MR) is 93.7 cm³/mol. The van der Waals surface area contributed by atoms with Crippen LogP contribution in [-0.4, -0.2) is 31.8 Å². The molecule has 126 valence electrons. The Hall–Kier alpha value is -2.63. The second-order valence-electron chi connectivity index (χ2n) is 5.88. The first kappa shape index (κ1) is 16.2. The largest absolute Gasteiger partial charge is 0.356 e. The number of benzene rings is 1. The second kappa shape index (κ2) is 7.29. The maximum absolute atomic E-state index is 12.1. The summed E-state index contributed by atoms with van der Waals surface area (Å²) in [7, 11) is 0. The minimum Gasteiger partial charge on any atom is -0.356 e. The van der Waals surface area contributed by atoms with Crippen LogP contribution in [0.15, 0.2) is 36.7 Å². The molecule has 1 N–H and O–H groups in total. The molecule has 2 heterocycles. The molecule has 0 unspecified atom stereocenters. The molecule has 6 nitrogen and oxygen atoms in total. The molecule has 0 saturated heterocycles. The van der Waals surface area contributed by atoms with Crippen LogP contribution in [0.3, 0.4) is 0 Å². The highest BCUT2D eigenvalue weighted by Crippen LogP contribution is 2.19. The van der Waals surface area contributed by atoms with E-state index in [4.69, 9.17) is 0 Å². The van der Waals surface area contributed by atoms with E-state index in [1.54, 1.807) is 6.33 Å². The Labute approximate surface area is 141 Å². The molecule has 0 atom stereocenters. The van der Waals surface area contributed by atoms with E-state index in [1.165, 1.54) is 16.6 Å². The van der Waals surface area contributed by atoms with Crippen LogP contribution in [0.2, 0.25) is 0 Å². The van der Waals surface area contributed by atoms with E-state index in [-0.39, 0.29) is 5.91 Å². The number of aromatic nitrogens is 4. The smallest absolute Gasteiger partial charge is 0.221 e. The van der Waals surface area contributed by atoms with Crippen molar-refractivity contribution in [2.75, 3.05) is 6.54 Å². The topological polar surface area (TPSA) is 64.7 Å². The summed E-state index contributed by atoms with van der Waals surface area (Å²) in [6.45, 7) is 6.25. The molecular weight excluding hydrogens is 302 g/mol. The highest BCUT2D eigenvalue weighted by Gasteiger charge is 2.08. The Balaban J connectivity index is 1.51. The van der Waals surface area contributed by atoms with Gasteiger partial charge < -0.3 is 14.5 Å². The molecule has 0 aliphatic rings.